The Morgan fingerprint density at radius 3 is 2.57 bits per heavy atom. The number of hydrogen-bond donors (Lipinski definition) is 0. The van der Waals surface area contributed by atoms with Crippen molar-refractivity contribution in [3.63, 3.8) is 0 Å². The maximum absolute atomic E-state index is 13.0. The quantitative estimate of drug-likeness (QED) is 0.560. The van der Waals surface area contributed by atoms with Crippen molar-refractivity contribution in [3.8, 4) is 17.2 Å². The average Bonchev–Trinajstić information content (AvgIpc) is 3.75. The van der Waals surface area contributed by atoms with E-state index in [1.165, 1.54) is 12.8 Å². The summed E-state index contributed by atoms with van der Waals surface area (Å²) in [6.45, 7) is 2.23. The van der Waals surface area contributed by atoms with Gasteiger partial charge in [0.1, 0.15) is 11.9 Å². The van der Waals surface area contributed by atoms with Gasteiger partial charge in [-0.15, -0.1) is 0 Å². The van der Waals surface area contributed by atoms with Gasteiger partial charge in [-0.2, -0.15) is 5.26 Å². The molecule has 0 radical (unpaired) electrons. The Labute approximate surface area is 204 Å². The van der Waals surface area contributed by atoms with Gasteiger partial charge in [-0.3, -0.25) is 14.8 Å². The number of anilines is 1. The summed E-state index contributed by atoms with van der Waals surface area (Å²) < 4.78 is 0. The molecule has 1 aromatic carbocycles. The van der Waals surface area contributed by atoms with Gasteiger partial charge < -0.3 is 9.80 Å². The van der Waals surface area contributed by atoms with Crippen LogP contribution in [0.15, 0.2) is 36.7 Å². The number of rotatable bonds is 5. The zero-order valence-corrected chi connectivity index (χ0v) is 19.7. The third-order valence-corrected chi connectivity index (χ3v) is 8.00. The van der Waals surface area contributed by atoms with Crippen molar-refractivity contribution in [1.82, 2.24) is 19.9 Å². The molecule has 0 unspecified atom stereocenters. The Bertz CT molecular complexity index is 1360. The van der Waals surface area contributed by atoms with Gasteiger partial charge in [0.25, 0.3) is 0 Å². The molecule has 2 aromatic heterocycles. The molecule has 1 amide bonds. The highest BCUT2D eigenvalue weighted by Gasteiger charge is 2.45. The van der Waals surface area contributed by atoms with E-state index in [9.17, 15) is 10.1 Å². The molecule has 3 saturated carbocycles. The van der Waals surface area contributed by atoms with Crippen molar-refractivity contribution in [2.75, 3.05) is 24.5 Å². The van der Waals surface area contributed by atoms with E-state index in [1.54, 1.807) is 12.4 Å². The van der Waals surface area contributed by atoms with Gasteiger partial charge in [-0.05, 0) is 56.6 Å². The minimum Gasteiger partial charge on any atom is -0.352 e. The van der Waals surface area contributed by atoms with Gasteiger partial charge in [0, 0.05) is 55.0 Å². The second-order valence-corrected chi connectivity index (χ2v) is 10.6. The maximum Gasteiger partial charge on any atom is 0.226 e. The average molecular weight is 465 g/mol. The topological polar surface area (TPSA) is 86.0 Å². The molecule has 4 aliphatic rings. The second kappa shape index (κ2) is 8.01. The predicted molar refractivity (Wildman–Crippen MR) is 133 cm³/mol. The number of carbonyl (C=O) groups excluding carboxylic acids is 1. The molecule has 1 aliphatic heterocycles. The maximum atomic E-state index is 13.0. The molecule has 0 spiro atoms. The summed E-state index contributed by atoms with van der Waals surface area (Å²) in [5, 5.41) is 10.2. The minimum atomic E-state index is 0.239. The molecule has 7 rings (SSSR count). The third-order valence-electron chi connectivity index (χ3n) is 8.00. The minimum absolute atomic E-state index is 0.239. The van der Waals surface area contributed by atoms with E-state index in [-0.39, 0.29) is 12.0 Å². The number of pyridine rings is 1. The molecule has 1 atom stereocenters. The fourth-order valence-electron chi connectivity index (χ4n) is 5.66. The lowest BCUT2D eigenvalue weighted by atomic mass is 9.97. The first-order valence-corrected chi connectivity index (χ1v) is 12.9. The largest absolute Gasteiger partial charge is 0.352 e. The molecule has 0 bridgehead atoms. The SMILES string of the molecule is N#Cc1cc(-c2cccc3nccnc23)c(C2CC2)nc1N1CCN(C(=O)C2CC2)[C@H](C2CC2)C1. The van der Waals surface area contributed by atoms with Crippen molar-refractivity contribution in [3.05, 3.63) is 47.9 Å². The van der Waals surface area contributed by atoms with Gasteiger partial charge in [0.2, 0.25) is 5.91 Å². The molecule has 35 heavy (non-hydrogen) atoms. The number of nitrogens with zero attached hydrogens (tertiary/aromatic N) is 6. The highest BCUT2D eigenvalue weighted by molar-refractivity contribution is 5.93. The van der Waals surface area contributed by atoms with Gasteiger partial charge >= 0.3 is 0 Å². The van der Waals surface area contributed by atoms with Crippen LogP contribution < -0.4 is 4.90 Å². The first kappa shape index (κ1) is 20.8. The summed E-state index contributed by atoms with van der Waals surface area (Å²) in [6.07, 6.45) is 10.1. The molecular weight excluding hydrogens is 436 g/mol. The summed E-state index contributed by atoms with van der Waals surface area (Å²) in [4.78, 5) is 31.7. The number of amides is 1. The number of benzene rings is 1. The highest BCUT2D eigenvalue weighted by Crippen LogP contribution is 2.46. The van der Waals surface area contributed by atoms with Gasteiger partial charge in [0.05, 0.1) is 28.3 Å². The molecule has 176 valence electrons. The number of para-hydroxylation sites is 1. The Balaban J connectivity index is 1.28. The van der Waals surface area contributed by atoms with Crippen LogP contribution in [0.2, 0.25) is 0 Å². The molecule has 4 fully saturated rings. The lowest BCUT2D eigenvalue weighted by Crippen LogP contribution is -2.57. The molecule has 0 N–H and O–H groups in total. The van der Waals surface area contributed by atoms with E-state index in [2.05, 4.69) is 31.9 Å². The first-order chi connectivity index (χ1) is 17.2. The number of nitriles is 1. The second-order valence-electron chi connectivity index (χ2n) is 10.6. The Kier molecular flexibility index (Phi) is 4.76. The Morgan fingerprint density at radius 1 is 1.00 bits per heavy atom. The van der Waals surface area contributed by atoms with Crippen LogP contribution in [0.5, 0.6) is 0 Å². The number of piperazine rings is 1. The van der Waals surface area contributed by atoms with Crippen LogP contribution in [0.4, 0.5) is 5.82 Å². The molecule has 3 aromatic rings. The van der Waals surface area contributed by atoms with Crippen LogP contribution in [0.1, 0.15) is 55.7 Å². The summed E-state index contributed by atoms with van der Waals surface area (Å²) in [5.41, 5.74) is 5.34. The predicted octanol–water partition coefficient (Wildman–Crippen LogP) is 4.28. The highest BCUT2D eigenvalue weighted by atomic mass is 16.2. The Hall–Kier alpha value is -3.53. The van der Waals surface area contributed by atoms with Gasteiger partial charge in [0.15, 0.2) is 0 Å². The normalized spacial score (nSPS) is 22.3. The van der Waals surface area contributed by atoms with E-state index >= 15 is 0 Å². The van der Waals surface area contributed by atoms with Crippen molar-refractivity contribution < 1.29 is 4.79 Å². The van der Waals surface area contributed by atoms with Crippen LogP contribution in [0.3, 0.4) is 0 Å². The lowest BCUT2D eigenvalue weighted by molar-refractivity contribution is -0.135. The summed E-state index contributed by atoms with van der Waals surface area (Å²) in [7, 11) is 0. The molecule has 3 aliphatic carbocycles. The number of fused-ring (bicyclic) bond motifs is 1. The van der Waals surface area contributed by atoms with Crippen molar-refractivity contribution in [2.45, 2.75) is 50.5 Å². The summed E-state index contributed by atoms with van der Waals surface area (Å²) >= 11 is 0. The van der Waals surface area contributed by atoms with Gasteiger partial charge in [-0.1, -0.05) is 12.1 Å². The Morgan fingerprint density at radius 2 is 1.83 bits per heavy atom. The lowest BCUT2D eigenvalue weighted by Gasteiger charge is -2.43. The zero-order valence-electron chi connectivity index (χ0n) is 19.7. The van der Waals surface area contributed by atoms with E-state index in [0.29, 0.717) is 23.3 Å². The third kappa shape index (κ3) is 3.72. The molecular formula is C28H28N6O. The monoisotopic (exact) mass is 464 g/mol. The fraction of sp³-hybridized carbons (Fsp3) is 0.464. The zero-order chi connectivity index (χ0) is 23.5. The number of aromatic nitrogens is 3. The van der Waals surface area contributed by atoms with Crippen LogP contribution >= 0.6 is 0 Å². The van der Waals surface area contributed by atoms with Crippen LogP contribution in [-0.2, 0) is 4.79 Å². The molecule has 1 saturated heterocycles. The van der Waals surface area contributed by atoms with Crippen LogP contribution in [0.25, 0.3) is 22.2 Å². The summed E-state index contributed by atoms with van der Waals surface area (Å²) in [5.74, 6) is 2.39. The smallest absolute Gasteiger partial charge is 0.226 e. The fourth-order valence-corrected chi connectivity index (χ4v) is 5.66. The van der Waals surface area contributed by atoms with E-state index in [4.69, 9.17) is 4.98 Å². The number of carbonyl (C=O) groups is 1. The van der Waals surface area contributed by atoms with Crippen molar-refractivity contribution in [2.24, 2.45) is 11.8 Å². The van der Waals surface area contributed by atoms with Gasteiger partial charge in [-0.25, -0.2) is 4.98 Å². The molecule has 3 heterocycles. The number of hydrogen-bond acceptors (Lipinski definition) is 6. The first-order valence-electron chi connectivity index (χ1n) is 12.9. The van der Waals surface area contributed by atoms with E-state index in [0.717, 1.165) is 79.0 Å². The molecule has 7 nitrogen and oxygen atoms in total. The van der Waals surface area contributed by atoms with Crippen molar-refractivity contribution >= 4 is 22.8 Å². The van der Waals surface area contributed by atoms with Crippen molar-refractivity contribution in [1.29, 1.82) is 5.26 Å². The van der Waals surface area contributed by atoms with E-state index < -0.39 is 0 Å². The summed E-state index contributed by atoms with van der Waals surface area (Å²) in [6, 6.07) is 10.7. The van der Waals surface area contributed by atoms with Crippen LogP contribution in [-0.4, -0.2) is 51.4 Å². The molecule has 7 heteroatoms. The standard InChI is InChI=1S/C28H28N6O/c29-15-20-14-22(21-2-1-3-23-26(21)31-11-10-30-23)25(18-6-7-18)32-27(20)33-12-13-34(28(35)19-8-9-19)24(16-33)17-4-5-17/h1-3,10-11,14,17-19,24H,4-9,12-13,16H2/t24-/m0/s1. The van der Waals surface area contributed by atoms with E-state index in [1.807, 2.05) is 18.2 Å². The van der Waals surface area contributed by atoms with Crippen LogP contribution in [0, 0.1) is 23.2 Å².